The summed E-state index contributed by atoms with van der Waals surface area (Å²) in [6.45, 7) is 2.07. The van der Waals surface area contributed by atoms with E-state index in [-0.39, 0.29) is 11.6 Å². The topological polar surface area (TPSA) is 56.1 Å². The molecule has 26 heavy (non-hydrogen) atoms. The minimum atomic E-state index is -0.366. The minimum Gasteiger partial charge on any atom is -0.494 e. The lowest BCUT2D eigenvalue weighted by Gasteiger charge is -2.13. The van der Waals surface area contributed by atoms with Crippen molar-refractivity contribution in [1.82, 2.24) is 19.5 Å². The van der Waals surface area contributed by atoms with Crippen molar-refractivity contribution in [1.29, 1.82) is 0 Å². The van der Waals surface area contributed by atoms with Crippen molar-refractivity contribution in [2.24, 2.45) is 7.05 Å². The summed E-state index contributed by atoms with van der Waals surface area (Å²) in [5.41, 5.74) is 2.46. The Bertz CT molecular complexity index is 941. The Labute approximate surface area is 156 Å². The van der Waals surface area contributed by atoms with Crippen LogP contribution in [0.5, 0.6) is 5.75 Å². The molecule has 2 heterocycles. The van der Waals surface area contributed by atoms with Gasteiger partial charge in [-0.2, -0.15) is 0 Å². The lowest BCUT2D eigenvalue weighted by molar-refractivity contribution is 0.386. The van der Waals surface area contributed by atoms with Crippen LogP contribution in [0.15, 0.2) is 23.4 Å². The monoisotopic (exact) mass is 375 g/mol. The van der Waals surface area contributed by atoms with Gasteiger partial charge in [-0.25, -0.2) is 19.3 Å². The van der Waals surface area contributed by atoms with Crippen LogP contribution in [-0.2, 0) is 19.2 Å². The molecule has 6 nitrogen and oxygen atoms in total. The van der Waals surface area contributed by atoms with E-state index in [0.29, 0.717) is 10.9 Å². The molecule has 0 amide bonds. The zero-order chi connectivity index (χ0) is 18.8. The van der Waals surface area contributed by atoms with Crippen LogP contribution in [-0.4, -0.2) is 40.7 Å². The second kappa shape index (κ2) is 7.49. The van der Waals surface area contributed by atoms with Crippen LogP contribution >= 0.6 is 11.8 Å². The third-order valence-electron chi connectivity index (χ3n) is 4.10. The number of methoxy groups -OCH3 is 1. The van der Waals surface area contributed by atoms with Crippen LogP contribution in [0.3, 0.4) is 0 Å². The van der Waals surface area contributed by atoms with Gasteiger partial charge >= 0.3 is 0 Å². The van der Waals surface area contributed by atoms with Gasteiger partial charge in [0.25, 0.3) is 0 Å². The third-order valence-corrected chi connectivity index (χ3v) is 5.01. The van der Waals surface area contributed by atoms with Gasteiger partial charge in [0, 0.05) is 33.3 Å². The van der Waals surface area contributed by atoms with Crippen LogP contribution in [0.25, 0.3) is 11.2 Å². The van der Waals surface area contributed by atoms with Crippen molar-refractivity contribution >= 4 is 28.7 Å². The molecule has 1 aromatic carbocycles. The van der Waals surface area contributed by atoms with E-state index >= 15 is 0 Å². The number of halogens is 1. The van der Waals surface area contributed by atoms with Crippen LogP contribution < -0.4 is 9.64 Å². The first kappa shape index (κ1) is 18.4. The molecular formula is C18H22FN5OS. The Morgan fingerprint density at radius 1 is 1.23 bits per heavy atom. The third kappa shape index (κ3) is 3.46. The molecule has 0 spiro atoms. The van der Waals surface area contributed by atoms with Crippen molar-refractivity contribution in [3.05, 3.63) is 35.4 Å². The number of hydrogen-bond donors (Lipinski definition) is 0. The predicted molar refractivity (Wildman–Crippen MR) is 103 cm³/mol. The maximum Gasteiger partial charge on any atom is 0.191 e. The second-order valence-electron chi connectivity index (χ2n) is 6.09. The maximum absolute atomic E-state index is 13.9. The van der Waals surface area contributed by atoms with Crippen LogP contribution in [0.1, 0.15) is 18.3 Å². The molecule has 3 rings (SSSR count). The summed E-state index contributed by atoms with van der Waals surface area (Å²) in [7, 11) is 7.30. The molecule has 3 aromatic rings. The summed E-state index contributed by atoms with van der Waals surface area (Å²) in [5, 5.41) is 0.642. The number of hydrogen-bond acceptors (Lipinski definition) is 6. The molecule has 0 aliphatic rings. The standard InChI is InChI=1S/C18H22FN5OS/c1-6-14-20-15-16(23(2)3)21-18(22-17(15)24(14)4)26-10-11-7-8-13(25-5)12(19)9-11/h7-9H,6,10H2,1-5H3. The van der Waals surface area contributed by atoms with E-state index in [2.05, 4.69) is 21.9 Å². The highest BCUT2D eigenvalue weighted by Crippen LogP contribution is 2.28. The van der Waals surface area contributed by atoms with E-state index in [4.69, 9.17) is 4.74 Å². The molecule has 0 unspecified atom stereocenters. The molecule has 0 atom stereocenters. The molecule has 0 N–H and O–H groups in total. The van der Waals surface area contributed by atoms with Crippen LogP contribution in [0, 0.1) is 5.82 Å². The summed E-state index contributed by atoms with van der Waals surface area (Å²) < 4.78 is 20.8. The Balaban J connectivity index is 1.92. The minimum absolute atomic E-state index is 0.244. The Kier molecular flexibility index (Phi) is 5.31. The van der Waals surface area contributed by atoms with Gasteiger partial charge in [0.15, 0.2) is 33.7 Å². The van der Waals surface area contributed by atoms with Gasteiger partial charge in [-0.15, -0.1) is 0 Å². The summed E-state index contributed by atoms with van der Waals surface area (Å²) >= 11 is 1.47. The van der Waals surface area contributed by atoms with Crippen LogP contribution in [0.2, 0.25) is 0 Å². The summed E-state index contributed by atoms with van der Waals surface area (Å²) in [4.78, 5) is 15.9. The fraction of sp³-hybridized carbons (Fsp3) is 0.389. The predicted octanol–water partition coefficient (Wildman–Crippen LogP) is 3.43. The van der Waals surface area contributed by atoms with Crippen molar-refractivity contribution in [3.8, 4) is 5.75 Å². The number of fused-ring (bicyclic) bond motifs is 1. The quantitative estimate of drug-likeness (QED) is 0.486. The second-order valence-corrected chi connectivity index (χ2v) is 7.04. The number of benzene rings is 1. The Hall–Kier alpha value is -2.35. The number of aromatic nitrogens is 4. The number of thioether (sulfide) groups is 1. The van der Waals surface area contributed by atoms with Gasteiger partial charge in [-0.3, -0.25) is 0 Å². The van der Waals surface area contributed by atoms with E-state index in [1.807, 2.05) is 36.7 Å². The number of aryl methyl sites for hydroxylation is 2. The zero-order valence-corrected chi connectivity index (χ0v) is 16.4. The Morgan fingerprint density at radius 2 is 2.00 bits per heavy atom. The maximum atomic E-state index is 13.9. The van der Waals surface area contributed by atoms with Crippen molar-refractivity contribution in [2.75, 3.05) is 26.1 Å². The number of imidazole rings is 1. The van der Waals surface area contributed by atoms with E-state index in [1.165, 1.54) is 24.9 Å². The zero-order valence-electron chi connectivity index (χ0n) is 15.6. The molecular weight excluding hydrogens is 353 g/mol. The fourth-order valence-electron chi connectivity index (χ4n) is 2.71. The normalized spacial score (nSPS) is 11.2. The SMILES string of the molecule is CCc1nc2c(N(C)C)nc(SCc3ccc(OC)c(F)c3)nc2n1C. The average molecular weight is 375 g/mol. The largest absolute Gasteiger partial charge is 0.494 e. The van der Waals surface area contributed by atoms with E-state index < -0.39 is 0 Å². The first-order chi connectivity index (χ1) is 12.4. The number of anilines is 1. The van der Waals surface area contributed by atoms with Gasteiger partial charge < -0.3 is 14.2 Å². The lowest BCUT2D eigenvalue weighted by Crippen LogP contribution is -2.12. The molecule has 0 radical (unpaired) electrons. The summed E-state index contributed by atoms with van der Waals surface area (Å²) in [6, 6.07) is 4.96. The molecule has 0 saturated heterocycles. The molecule has 0 aliphatic heterocycles. The summed E-state index contributed by atoms with van der Waals surface area (Å²) in [5.74, 6) is 2.20. The van der Waals surface area contributed by atoms with Crippen molar-refractivity contribution < 1.29 is 9.13 Å². The molecule has 2 aromatic heterocycles. The van der Waals surface area contributed by atoms with Gasteiger partial charge in [-0.1, -0.05) is 24.8 Å². The van der Waals surface area contributed by atoms with E-state index in [1.54, 1.807) is 6.07 Å². The number of ether oxygens (including phenoxy) is 1. The molecule has 0 fully saturated rings. The van der Waals surface area contributed by atoms with Gasteiger partial charge in [0.1, 0.15) is 5.82 Å². The van der Waals surface area contributed by atoms with E-state index in [9.17, 15) is 4.39 Å². The highest BCUT2D eigenvalue weighted by Gasteiger charge is 2.17. The fourth-order valence-corrected chi connectivity index (χ4v) is 3.49. The average Bonchev–Trinajstić information content (AvgIpc) is 2.95. The molecule has 0 aliphatic carbocycles. The van der Waals surface area contributed by atoms with Crippen molar-refractivity contribution in [3.63, 3.8) is 0 Å². The first-order valence-corrected chi connectivity index (χ1v) is 9.29. The molecule has 0 bridgehead atoms. The summed E-state index contributed by atoms with van der Waals surface area (Å²) in [6.07, 6.45) is 0.827. The number of nitrogens with zero attached hydrogens (tertiary/aromatic N) is 5. The lowest BCUT2D eigenvalue weighted by atomic mass is 10.2. The highest BCUT2D eigenvalue weighted by atomic mass is 32.2. The van der Waals surface area contributed by atoms with Gasteiger partial charge in [0.2, 0.25) is 0 Å². The van der Waals surface area contributed by atoms with Gasteiger partial charge in [0.05, 0.1) is 7.11 Å². The molecule has 8 heteroatoms. The molecule has 0 saturated carbocycles. The number of rotatable bonds is 6. The Morgan fingerprint density at radius 3 is 2.62 bits per heavy atom. The van der Waals surface area contributed by atoms with Gasteiger partial charge in [-0.05, 0) is 17.7 Å². The van der Waals surface area contributed by atoms with E-state index in [0.717, 1.165) is 34.8 Å². The highest BCUT2D eigenvalue weighted by molar-refractivity contribution is 7.98. The first-order valence-electron chi connectivity index (χ1n) is 8.30. The molecule has 138 valence electrons. The van der Waals surface area contributed by atoms with Crippen molar-refractivity contribution in [2.45, 2.75) is 24.3 Å². The smallest absolute Gasteiger partial charge is 0.191 e. The van der Waals surface area contributed by atoms with Crippen LogP contribution in [0.4, 0.5) is 10.2 Å².